The zero-order chi connectivity index (χ0) is 13.7. The van der Waals surface area contributed by atoms with Crippen molar-refractivity contribution in [2.45, 2.75) is 10.8 Å². The van der Waals surface area contributed by atoms with E-state index in [1.165, 1.54) is 0 Å². The molecule has 98 valence electrons. The third-order valence-corrected chi connectivity index (χ3v) is 3.69. The molecule has 0 aliphatic heterocycles. The number of halogens is 1. The fourth-order valence-electron chi connectivity index (χ4n) is 1.44. The first-order chi connectivity index (χ1) is 9.19. The maximum atomic E-state index is 8.64. The second kappa shape index (κ2) is 6.45. The highest BCUT2D eigenvalue weighted by Crippen LogP contribution is 2.22. The predicted octanol–water partition coefficient (Wildman–Crippen LogP) is 3.12. The van der Waals surface area contributed by atoms with E-state index in [1.807, 2.05) is 24.3 Å². The molecule has 0 amide bonds. The van der Waals surface area contributed by atoms with Gasteiger partial charge in [-0.05, 0) is 29.8 Å². The molecule has 19 heavy (non-hydrogen) atoms. The van der Waals surface area contributed by atoms with Crippen molar-refractivity contribution in [3.63, 3.8) is 0 Å². The molecule has 0 atom stereocenters. The second-order valence-electron chi connectivity index (χ2n) is 3.78. The number of thioether (sulfide) groups is 1. The van der Waals surface area contributed by atoms with Crippen LogP contribution >= 0.6 is 23.4 Å². The van der Waals surface area contributed by atoms with Crippen LogP contribution in [0.3, 0.4) is 0 Å². The lowest BCUT2D eigenvalue weighted by Crippen LogP contribution is -2.13. The van der Waals surface area contributed by atoms with E-state index in [-0.39, 0.29) is 5.84 Å². The summed E-state index contributed by atoms with van der Waals surface area (Å²) >= 11 is 7.41. The highest BCUT2D eigenvalue weighted by atomic mass is 35.5. The molecule has 6 heteroatoms. The summed E-state index contributed by atoms with van der Waals surface area (Å²) < 4.78 is 0. The summed E-state index contributed by atoms with van der Waals surface area (Å²) in [5.74, 6) is 0.861. The first-order valence-electron chi connectivity index (χ1n) is 5.50. The van der Waals surface area contributed by atoms with Crippen LogP contribution < -0.4 is 5.73 Å². The number of benzene rings is 1. The molecule has 2 aromatic rings. The number of hydrogen-bond acceptors (Lipinski definition) is 4. The summed E-state index contributed by atoms with van der Waals surface area (Å²) in [4.78, 5) is 4.23. The van der Waals surface area contributed by atoms with Crippen molar-refractivity contribution in [2.75, 3.05) is 0 Å². The van der Waals surface area contributed by atoms with Gasteiger partial charge in [0.2, 0.25) is 0 Å². The van der Waals surface area contributed by atoms with Crippen LogP contribution in [0.4, 0.5) is 0 Å². The Morgan fingerprint density at radius 2 is 2.05 bits per heavy atom. The Balaban J connectivity index is 2.05. The Morgan fingerprint density at radius 1 is 1.32 bits per heavy atom. The zero-order valence-electron chi connectivity index (χ0n) is 9.95. The van der Waals surface area contributed by atoms with Gasteiger partial charge in [-0.15, -0.1) is 11.8 Å². The molecule has 0 bridgehead atoms. The molecule has 0 spiro atoms. The largest absolute Gasteiger partial charge is 0.409 e. The van der Waals surface area contributed by atoms with E-state index < -0.39 is 0 Å². The van der Waals surface area contributed by atoms with E-state index in [0.29, 0.717) is 5.56 Å². The molecule has 0 radical (unpaired) electrons. The molecule has 2 rings (SSSR count). The lowest BCUT2D eigenvalue weighted by molar-refractivity contribution is 0.318. The second-order valence-corrected chi connectivity index (χ2v) is 5.22. The molecule has 1 aromatic carbocycles. The molecule has 0 unspecified atom stereocenters. The van der Waals surface area contributed by atoms with E-state index in [4.69, 9.17) is 22.5 Å². The van der Waals surface area contributed by atoms with E-state index in [0.717, 1.165) is 21.4 Å². The molecule has 4 nitrogen and oxygen atoms in total. The van der Waals surface area contributed by atoms with Crippen molar-refractivity contribution in [1.82, 2.24) is 4.98 Å². The molecule has 1 aromatic heterocycles. The third-order valence-electron chi connectivity index (χ3n) is 2.44. The molecular weight excluding hydrogens is 282 g/mol. The van der Waals surface area contributed by atoms with Crippen molar-refractivity contribution >= 4 is 29.2 Å². The standard InChI is InChI=1S/C13H12ClN3OS/c14-11-3-1-9(2-4-11)8-19-12-7-10(5-6-16-12)13(15)17-18/h1-7,18H,8H2,(H2,15,17). The van der Waals surface area contributed by atoms with Gasteiger partial charge in [-0.2, -0.15) is 0 Å². The molecule has 3 N–H and O–H groups in total. The van der Waals surface area contributed by atoms with Gasteiger partial charge in [0.25, 0.3) is 0 Å². The van der Waals surface area contributed by atoms with Gasteiger partial charge in [-0.1, -0.05) is 28.9 Å². The van der Waals surface area contributed by atoms with Gasteiger partial charge >= 0.3 is 0 Å². The van der Waals surface area contributed by atoms with E-state index >= 15 is 0 Å². The Bertz CT molecular complexity index is 587. The quantitative estimate of drug-likeness (QED) is 0.299. The maximum absolute atomic E-state index is 8.64. The lowest BCUT2D eigenvalue weighted by atomic mass is 10.2. The van der Waals surface area contributed by atoms with E-state index in [9.17, 15) is 0 Å². The average Bonchev–Trinajstić information content (AvgIpc) is 2.46. The van der Waals surface area contributed by atoms with Crippen LogP contribution in [0.25, 0.3) is 0 Å². The first-order valence-corrected chi connectivity index (χ1v) is 6.86. The fraction of sp³-hybridized carbons (Fsp3) is 0.0769. The molecule has 0 saturated heterocycles. The number of oxime groups is 1. The predicted molar refractivity (Wildman–Crippen MR) is 77.8 cm³/mol. The summed E-state index contributed by atoms with van der Waals surface area (Å²) in [5, 5.41) is 13.1. The summed E-state index contributed by atoms with van der Waals surface area (Å²) in [6.45, 7) is 0. The Kier molecular flexibility index (Phi) is 4.65. The number of aromatic nitrogens is 1. The average molecular weight is 294 g/mol. The molecular formula is C13H12ClN3OS. The van der Waals surface area contributed by atoms with Gasteiger partial charge in [0.05, 0.1) is 5.03 Å². The van der Waals surface area contributed by atoms with E-state index in [1.54, 1.807) is 30.1 Å². The van der Waals surface area contributed by atoms with Gasteiger partial charge in [0.15, 0.2) is 5.84 Å². The van der Waals surface area contributed by atoms with Crippen molar-refractivity contribution < 1.29 is 5.21 Å². The molecule has 0 fully saturated rings. The van der Waals surface area contributed by atoms with Gasteiger partial charge in [-0.25, -0.2) is 4.98 Å². The minimum absolute atomic E-state index is 0.0794. The fourth-order valence-corrected chi connectivity index (χ4v) is 2.42. The highest BCUT2D eigenvalue weighted by molar-refractivity contribution is 7.98. The van der Waals surface area contributed by atoms with Crippen LogP contribution in [0, 0.1) is 0 Å². The van der Waals surface area contributed by atoms with Gasteiger partial charge < -0.3 is 10.9 Å². The van der Waals surface area contributed by atoms with Crippen molar-refractivity contribution in [3.8, 4) is 0 Å². The smallest absolute Gasteiger partial charge is 0.170 e. The van der Waals surface area contributed by atoms with Crippen LogP contribution in [0.1, 0.15) is 11.1 Å². The van der Waals surface area contributed by atoms with E-state index in [2.05, 4.69) is 10.1 Å². The number of hydrogen-bond donors (Lipinski definition) is 2. The number of amidine groups is 1. The van der Waals surface area contributed by atoms with Crippen LogP contribution in [-0.2, 0) is 5.75 Å². The summed E-state index contributed by atoms with van der Waals surface area (Å²) in [5.41, 5.74) is 7.34. The van der Waals surface area contributed by atoms with Crippen molar-refractivity contribution in [3.05, 3.63) is 58.7 Å². The molecule has 1 heterocycles. The van der Waals surface area contributed by atoms with Crippen molar-refractivity contribution in [2.24, 2.45) is 10.9 Å². The Labute approximate surface area is 120 Å². The van der Waals surface area contributed by atoms with Crippen molar-refractivity contribution in [1.29, 1.82) is 0 Å². The number of nitrogens with zero attached hydrogens (tertiary/aromatic N) is 2. The topological polar surface area (TPSA) is 71.5 Å². The number of rotatable bonds is 4. The Morgan fingerprint density at radius 3 is 2.74 bits per heavy atom. The SMILES string of the molecule is N/C(=N/O)c1ccnc(SCc2ccc(Cl)cc2)c1. The Hall–Kier alpha value is -1.72. The van der Waals surface area contributed by atoms with Gasteiger partial charge in [-0.3, -0.25) is 0 Å². The van der Waals surface area contributed by atoms with Crippen LogP contribution in [-0.4, -0.2) is 16.0 Å². The van der Waals surface area contributed by atoms with Crippen LogP contribution in [0.15, 0.2) is 52.8 Å². The maximum Gasteiger partial charge on any atom is 0.170 e. The highest BCUT2D eigenvalue weighted by Gasteiger charge is 2.03. The van der Waals surface area contributed by atoms with Gasteiger partial charge in [0.1, 0.15) is 0 Å². The minimum Gasteiger partial charge on any atom is -0.409 e. The lowest BCUT2D eigenvalue weighted by Gasteiger charge is -2.03. The normalized spacial score (nSPS) is 11.5. The number of pyridine rings is 1. The van der Waals surface area contributed by atoms with Gasteiger partial charge in [0, 0.05) is 22.5 Å². The monoisotopic (exact) mass is 293 g/mol. The number of nitrogens with two attached hydrogens (primary N) is 1. The first kappa shape index (κ1) is 13.7. The molecule has 0 aliphatic carbocycles. The third kappa shape index (κ3) is 3.87. The molecule has 0 saturated carbocycles. The summed E-state index contributed by atoms with van der Waals surface area (Å²) in [6, 6.07) is 11.2. The summed E-state index contributed by atoms with van der Waals surface area (Å²) in [6.07, 6.45) is 1.64. The van der Waals surface area contributed by atoms with Crippen LogP contribution in [0.2, 0.25) is 5.02 Å². The zero-order valence-corrected chi connectivity index (χ0v) is 11.5. The van der Waals surface area contributed by atoms with Crippen LogP contribution in [0.5, 0.6) is 0 Å². The summed E-state index contributed by atoms with van der Waals surface area (Å²) in [7, 11) is 0. The molecule has 0 aliphatic rings. The minimum atomic E-state index is 0.0794.